The van der Waals surface area contributed by atoms with Crippen molar-refractivity contribution in [3.63, 3.8) is 0 Å². The molecule has 3 amide bonds. The summed E-state index contributed by atoms with van der Waals surface area (Å²) in [4.78, 5) is 36.8. The maximum atomic E-state index is 12.6. The molecule has 0 radical (unpaired) electrons. The average molecular weight is 287 g/mol. The quantitative estimate of drug-likeness (QED) is 0.488. The van der Waals surface area contributed by atoms with Crippen molar-refractivity contribution in [2.75, 3.05) is 12.3 Å². The number of nitrogen functional groups attached to an aromatic ring is 1. The monoisotopic (exact) mass is 287 g/mol. The third-order valence-electron chi connectivity index (χ3n) is 3.47. The maximum absolute atomic E-state index is 12.6. The molecule has 3 rings (SSSR count). The minimum atomic E-state index is -0.733. The van der Waals surface area contributed by atoms with Gasteiger partial charge in [0.05, 0.1) is 5.52 Å². The number of benzene rings is 1. The van der Waals surface area contributed by atoms with E-state index in [-0.39, 0.29) is 12.2 Å². The van der Waals surface area contributed by atoms with Crippen LogP contribution in [-0.2, 0) is 9.59 Å². The molecule has 0 saturated carbocycles. The van der Waals surface area contributed by atoms with Gasteiger partial charge in [0.25, 0.3) is 5.91 Å². The third kappa shape index (κ3) is 2.10. The second-order valence-electron chi connectivity index (χ2n) is 4.90. The SMILES string of the molecule is CC1C(=O)NC(=O)CN1C(=O)c1n[nH]c2ccc(N)cc12. The fourth-order valence-corrected chi connectivity index (χ4v) is 2.29. The van der Waals surface area contributed by atoms with Crippen LogP contribution in [0.2, 0.25) is 0 Å². The first-order valence-electron chi connectivity index (χ1n) is 6.35. The van der Waals surface area contributed by atoms with E-state index >= 15 is 0 Å². The minimum Gasteiger partial charge on any atom is -0.399 e. The van der Waals surface area contributed by atoms with Crippen LogP contribution in [0.5, 0.6) is 0 Å². The van der Waals surface area contributed by atoms with Crippen molar-refractivity contribution >= 4 is 34.3 Å². The van der Waals surface area contributed by atoms with Gasteiger partial charge in [-0.25, -0.2) is 0 Å². The third-order valence-corrected chi connectivity index (χ3v) is 3.47. The highest BCUT2D eigenvalue weighted by molar-refractivity contribution is 6.10. The van der Waals surface area contributed by atoms with Gasteiger partial charge in [-0.05, 0) is 25.1 Å². The topological polar surface area (TPSA) is 121 Å². The number of aromatic nitrogens is 2. The number of carbonyl (C=O) groups is 3. The predicted octanol–water partition coefficient (Wildman–Crippen LogP) is -0.368. The Morgan fingerprint density at radius 1 is 1.43 bits per heavy atom. The number of amides is 3. The molecule has 0 bridgehead atoms. The molecule has 1 aliphatic heterocycles. The van der Waals surface area contributed by atoms with Crippen LogP contribution in [0.4, 0.5) is 5.69 Å². The summed E-state index contributed by atoms with van der Waals surface area (Å²) in [5, 5.41) is 9.46. The Hall–Kier alpha value is -2.90. The van der Waals surface area contributed by atoms with Gasteiger partial charge in [-0.15, -0.1) is 0 Å². The molecule has 2 heterocycles. The number of piperazine rings is 1. The molecule has 0 spiro atoms. The Kier molecular flexibility index (Phi) is 2.86. The molecule has 4 N–H and O–H groups in total. The Labute approximate surface area is 119 Å². The molecule has 8 nitrogen and oxygen atoms in total. The second-order valence-corrected chi connectivity index (χ2v) is 4.90. The lowest BCUT2D eigenvalue weighted by Crippen LogP contribution is -2.58. The maximum Gasteiger partial charge on any atom is 0.276 e. The summed E-state index contributed by atoms with van der Waals surface area (Å²) < 4.78 is 0. The van der Waals surface area contributed by atoms with Crippen LogP contribution in [-0.4, -0.2) is 45.4 Å². The Morgan fingerprint density at radius 3 is 2.95 bits per heavy atom. The predicted molar refractivity (Wildman–Crippen MR) is 74.2 cm³/mol. The standard InChI is InChI=1S/C13H13N5O3/c1-6-12(20)15-10(19)5-18(6)13(21)11-8-4-7(14)2-3-9(8)16-17-11/h2-4,6H,5,14H2,1H3,(H,16,17)(H,15,19,20). The van der Waals surface area contributed by atoms with E-state index in [2.05, 4.69) is 15.5 Å². The second kappa shape index (κ2) is 4.58. The van der Waals surface area contributed by atoms with Gasteiger partial charge in [0.2, 0.25) is 11.8 Å². The Bertz CT molecular complexity index is 766. The van der Waals surface area contributed by atoms with Crippen molar-refractivity contribution in [2.24, 2.45) is 0 Å². The van der Waals surface area contributed by atoms with Gasteiger partial charge in [-0.2, -0.15) is 5.10 Å². The first-order chi connectivity index (χ1) is 9.97. The van der Waals surface area contributed by atoms with Gasteiger partial charge in [0.15, 0.2) is 5.69 Å². The number of aromatic amines is 1. The van der Waals surface area contributed by atoms with Crippen molar-refractivity contribution in [1.82, 2.24) is 20.4 Å². The lowest BCUT2D eigenvalue weighted by atomic mass is 10.1. The largest absolute Gasteiger partial charge is 0.399 e. The van der Waals surface area contributed by atoms with Crippen molar-refractivity contribution in [3.05, 3.63) is 23.9 Å². The van der Waals surface area contributed by atoms with Crippen LogP contribution in [0.3, 0.4) is 0 Å². The lowest BCUT2D eigenvalue weighted by molar-refractivity contribution is -0.138. The highest BCUT2D eigenvalue weighted by atomic mass is 16.2. The number of nitrogens with two attached hydrogens (primary N) is 1. The zero-order valence-electron chi connectivity index (χ0n) is 11.2. The normalized spacial score (nSPS) is 18.9. The summed E-state index contributed by atoms with van der Waals surface area (Å²) in [6, 6.07) is 4.30. The van der Waals surface area contributed by atoms with Gasteiger partial charge in [0.1, 0.15) is 12.6 Å². The number of nitrogens with one attached hydrogen (secondary N) is 2. The van der Waals surface area contributed by atoms with Gasteiger partial charge < -0.3 is 10.6 Å². The van der Waals surface area contributed by atoms with Crippen molar-refractivity contribution < 1.29 is 14.4 Å². The molecular formula is C13H13N5O3. The van der Waals surface area contributed by atoms with Crippen LogP contribution in [0.15, 0.2) is 18.2 Å². The summed E-state index contributed by atoms with van der Waals surface area (Å²) in [7, 11) is 0. The molecule has 108 valence electrons. The zero-order valence-corrected chi connectivity index (χ0v) is 11.2. The summed E-state index contributed by atoms with van der Waals surface area (Å²) >= 11 is 0. The van der Waals surface area contributed by atoms with E-state index in [1.54, 1.807) is 25.1 Å². The molecule has 21 heavy (non-hydrogen) atoms. The van der Waals surface area contributed by atoms with E-state index in [4.69, 9.17) is 5.73 Å². The van der Waals surface area contributed by atoms with Crippen LogP contribution in [0.25, 0.3) is 10.9 Å². The molecule has 1 aromatic carbocycles. The fraction of sp³-hybridized carbons (Fsp3) is 0.231. The Morgan fingerprint density at radius 2 is 2.19 bits per heavy atom. The Balaban J connectivity index is 2.02. The molecule has 8 heteroatoms. The lowest BCUT2D eigenvalue weighted by Gasteiger charge is -2.31. The fourth-order valence-electron chi connectivity index (χ4n) is 2.29. The van der Waals surface area contributed by atoms with Gasteiger partial charge >= 0.3 is 0 Å². The van der Waals surface area contributed by atoms with E-state index in [0.717, 1.165) is 0 Å². The molecule has 1 aliphatic rings. The minimum absolute atomic E-state index is 0.145. The molecule has 1 saturated heterocycles. The number of H-pyrrole nitrogens is 1. The van der Waals surface area contributed by atoms with E-state index in [0.29, 0.717) is 16.6 Å². The molecule has 1 fully saturated rings. The summed E-state index contributed by atoms with van der Waals surface area (Å²) in [5.41, 5.74) is 7.02. The van der Waals surface area contributed by atoms with E-state index in [9.17, 15) is 14.4 Å². The molecule has 1 aromatic heterocycles. The number of imide groups is 1. The zero-order chi connectivity index (χ0) is 15.1. The van der Waals surface area contributed by atoms with E-state index in [1.165, 1.54) is 4.90 Å². The number of hydrogen-bond donors (Lipinski definition) is 3. The molecule has 1 unspecified atom stereocenters. The number of nitrogens with zero attached hydrogens (tertiary/aromatic N) is 2. The molecule has 0 aliphatic carbocycles. The summed E-state index contributed by atoms with van der Waals surface area (Å²) in [5.74, 6) is -1.49. The number of rotatable bonds is 1. The van der Waals surface area contributed by atoms with Crippen molar-refractivity contribution in [1.29, 1.82) is 0 Å². The first-order valence-corrected chi connectivity index (χ1v) is 6.35. The number of fused-ring (bicyclic) bond motifs is 1. The van der Waals surface area contributed by atoms with Gasteiger partial charge in [-0.1, -0.05) is 0 Å². The highest BCUT2D eigenvalue weighted by Gasteiger charge is 2.35. The van der Waals surface area contributed by atoms with E-state index < -0.39 is 23.8 Å². The summed E-state index contributed by atoms with van der Waals surface area (Å²) in [6.07, 6.45) is 0. The number of carbonyl (C=O) groups excluding carboxylic acids is 3. The van der Waals surface area contributed by atoms with Gasteiger partial charge in [0, 0.05) is 11.1 Å². The molecule has 2 aromatic rings. The van der Waals surface area contributed by atoms with Crippen LogP contribution < -0.4 is 11.1 Å². The summed E-state index contributed by atoms with van der Waals surface area (Å²) in [6.45, 7) is 1.38. The molecule has 1 atom stereocenters. The average Bonchev–Trinajstić information content (AvgIpc) is 2.85. The number of anilines is 1. The van der Waals surface area contributed by atoms with E-state index in [1.807, 2.05) is 0 Å². The van der Waals surface area contributed by atoms with Gasteiger partial charge in [-0.3, -0.25) is 24.8 Å². The smallest absolute Gasteiger partial charge is 0.276 e. The highest BCUT2D eigenvalue weighted by Crippen LogP contribution is 2.21. The van der Waals surface area contributed by atoms with Crippen LogP contribution in [0, 0.1) is 0 Å². The molecular weight excluding hydrogens is 274 g/mol. The van der Waals surface area contributed by atoms with Crippen molar-refractivity contribution in [3.8, 4) is 0 Å². The van der Waals surface area contributed by atoms with Crippen LogP contribution >= 0.6 is 0 Å². The first kappa shape index (κ1) is 13.1. The van der Waals surface area contributed by atoms with Crippen LogP contribution in [0.1, 0.15) is 17.4 Å². The van der Waals surface area contributed by atoms with Crippen molar-refractivity contribution in [2.45, 2.75) is 13.0 Å². The number of hydrogen-bond acceptors (Lipinski definition) is 5.